The van der Waals surface area contributed by atoms with Crippen LogP contribution < -0.4 is 15.2 Å². The molecule has 0 aliphatic rings. The summed E-state index contributed by atoms with van der Waals surface area (Å²) in [5.41, 5.74) is 6.83. The van der Waals surface area contributed by atoms with Crippen molar-refractivity contribution in [1.29, 1.82) is 0 Å². The van der Waals surface area contributed by atoms with E-state index in [0.717, 1.165) is 0 Å². The van der Waals surface area contributed by atoms with E-state index in [2.05, 4.69) is 4.72 Å². The van der Waals surface area contributed by atoms with Crippen LogP contribution in [0.5, 0.6) is 5.75 Å². The lowest BCUT2D eigenvalue weighted by atomic mass is 10.1. The van der Waals surface area contributed by atoms with Gasteiger partial charge in [0.2, 0.25) is 15.9 Å². The molecule has 0 aliphatic carbocycles. The average molecular weight is 489 g/mol. The van der Waals surface area contributed by atoms with Gasteiger partial charge in [0.1, 0.15) is 17.3 Å². The van der Waals surface area contributed by atoms with Crippen LogP contribution in [-0.2, 0) is 27.9 Å². The van der Waals surface area contributed by atoms with Crippen molar-refractivity contribution in [2.75, 3.05) is 7.11 Å². The van der Waals surface area contributed by atoms with Crippen LogP contribution in [0.25, 0.3) is 0 Å². The molecular formula is C23H21ClN2O6S. The SMILES string of the molecule is COc1ccc(C(=O)OCc2cccc(C(N)=O)c2)cc1S(=O)(=O)NCc1ccc(Cl)cc1. The number of esters is 1. The summed E-state index contributed by atoms with van der Waals surface area (Å²) in [4.78, 5) is 23.6. The number of rotatable bonds is 9. The maximum absolute atomic E-state index is 12.9. The van der Waals surface area contributed by atoms with Gasteiger partial charge in [-0.05, 0) is 53.6 Å². The molecular weight excluding hydrogens is 468 g/mol. The first-order valence-corrected chi connectivity index (χ1v) is 11.5. The molecule has 3 rings (SSSR count). The zero-order valence-electron chi connectivity index (χ0n) is 17.6. The van der Waals surface area contributed by atoms with Gasteiger partial charge in [-0.3, -0.25) is 4.79 Å². The van der Waals surface area contributed by atoms with Crippen molar-refractivity contribution in [2.45, 2.75) is 18.0 Å². The van der Waals surface area contributed by atoms with Gasteiger partial charge < -0.3 is 15.2 Å². The minimum absolute atomic E-state index is 0.0214. The molecule has 0 unspecified atom stereocenters. The van der Waals surface area contributed by atoms with Crippen LogP contribution in [0.3, 0.4) is 0 Å². The van der Waals surface area contributed by atoms with Gasteiger partial charge in [0.25, 0.3) is 0 Å². The predicted molar refractivity (Wildman–Crippen MR) is 123 cm³/mol. The van der Waals surface area contributed by atoms with Crippen LogP contribution in [0, 0.1) is 0 Å². The molecule has 8 nitrogen and oxygen atoms in total. The van der Waals surface area contributed by atoms with Crippen molar-refractivity contribution in [3.8, 4) is 5.75 Å². The number of ether oxygens (including phenoxy) is 2. The third kappa shape index (κ3) is 6.32. The van der Waals surface area contributed by atoms with E-state index in [1.807, 2.05) is 0 Å². The van der Waals surface area contributed by atoms with Gasteiger partial charge in [-0.25, -0.2) is 17.9 Å². The maximum Gasteiger partial charge on any atom is 0.338 e. The minimum Gasteiger partial charge on any atom is -0.495 e. The molecule has 3 aromatic rings. The molecule has 0 saturated heterocycles. The number of nitrogens with one attached hydrogen (secondary N) is 1. The molecule has 3 N–H and O–H groups in total. The van der Waals surface area contributed by atoms with Crippen LogP contribution in [0.15, 0.2) is 71.6 Å². The van der Waals surface area contributed by atoms with Crippen LogP contribution in [-0.4, -0.2) is 27.4 Å². The number of amides is 1. The average Bonchev–Trinajstić information content (AvgIpc) is 2.82. The summed E-state index contributed by atoms with van der Waals surface area (Å²) in [6.45, 7) is -0.101. The third-order valence-electron chi connectivity index (χ3n) is 4.65. The largest absolute Gasteiger partial charge is 0.495 e. The Morgan fingerprint density at radius 3 is 2.36 bits per heavy atom. The molecule has 0 spiro atoms. The lowest BCUT2D eigenvalue weighted by Gasteiger charge is -2.13. The fourth-order valence-corrected chi connectivity index (χ4v) is 4.26. The molecule has 0 aromatic heterocycles. The Morgan fingerprint density at radius 1 is 0.970 bits per heavy atom. The van der Waals surface area contributed by atoms with E-state index in [1.54, 1.807) is 42.5 Å². The van der Waals surface area contributed by atoms with E-state index in [1.165, 1.54) is 31.4 Å². The molecule has 172 valence electrons. The number of nitrogens with two attached hydrogens (primary N) is 1. The molecule has 0 bridgehead atoms. The maximum atomic E-state index is 12.9. The number of halogens is 1. The molecule has 33 heavy (non-hydrogen) atoms. The van der Waals surface area contributed by atoms with E-state index in [-0.39, 0.29) is 34.9 Å². The Kier molecular flexibility index (Phi) is 7.70. The first-order chi connectivity index (χ1) is 15.7. The molecule has 0 atom stereocenters. The topological polar surface area (TPSA) is 125 Å². The van der Waals surface area contributed by atoms with Gasteiger partial charge in [0.15, 0.2) is 0 Å². The second-order valence-electron chi connectivity index (χ2n) is 6.96. The summed E-state index contributed by atoms with van der Waals surface area (Å²) in [7, 11) is -2.69. The highest BCUT2D eigenvalue weighted by atomic mass is 35.5. The van der Waals surface area contributed by atoms with E-state index in [0.29, 0.717) is 16.1 Å². The highest BCUT2D eigenvalue weighted by molar-refractivity contribution is 7.89. The summed E-state index contributed by atoms with van der Waals surface area (Å²) in [6, 6.07) is 17.0. The van der Waals surface area contributed by atoms with E-state index >= 15 is 0 Å². The first kappa shape index (κ1) is 24.2. The zero-order valence-corrected chi connectivity index (χ0v) is 19.2. The minimum atomic E-state index is -4.02. The normalized spacial score (nSPS) is 11.1. The Labute approximate surface area is 196 Å². The van der Waals surface area contributed by atoms with Gasteiger partial charge in [-0.1, -0.05) is 35.9 Å². The van der Waals surface area contributed by atoms with Crippen molar-refractivity contribution in [2.24, 2.45) is 5.73 Å². The second-order valence-corrected chi connectivity index (χ2v) is 9.13. The molecule has 0 fully saturated rings. The lowest BCUT2D eigenvalue weighted by molar-refractivity contribution is 0.0472. The van der Waals surface area contributed by atoms with Gasteiger partial charge in [0.05, 0.1) is 12.7 Å². The number of hydrogen-bond donors (Lipinski definition) is 2. The van der Waals surface area contributed by atoms with Crippen LogP contribution >= 0.6 is 11.6 Å². The summed E-state index contributed by atoms with van der Waals surface area (Å²) in [5, 5.41) is 0.538. The number of carbonyl (C=O) groups excluding carboxylic acids is 2. The molecule has 0 saturated carbocycles. The van der Waals surface area contributed by atoms with E-state index in [4.69, 9.17) is 26.8 Å². The van der Waals surface area contributed by atoms with E-state index in [9.17, 15) is 18.0 Å². The lowest BCUT2D eigenvalue weighted by Crippen LogP contribution is -2.24. The third-order valence-corrected chi connectivity index (χ3v) is 6.32. The number of benzene rings is 3. The van der Waals surface area contributed by atoms with Crippen molar-refractivity contribution in [3.05, 3.63) is 94.0 Å². The van der Waals surface area contributed by atoms with Gasteiger partial charge >= 0.3 is 5.97 Å². The molecule has 0 heterocycles. The fraction of sp³-hybridized carbons (Fsp3) is 0.130. The summed E-state index contributed by atoms with van der Waals surface area (Å²) in [6.07, 6.45) is 0. The monoisotopic (exact) mass is 488 g/mol. The van der Waals surface area contributed by atoms with Crippen LogP contribution in [0.2, 0.25) is 5.02 Å². The molecule has 0 aliphatic heterocycles. The van der Waals surface area contributed by atoms with Gasteiger partial charge in [-0.15, -0.1) is 0 Å². The van der Waals surface area contributed by atoms with Crippen molar-refractivity contribution >= 4 is 33.5 Å². The number of sulfonamides is 1. The molecule has 10 heteroatoms. The Balaban J connectivity index is 1.76. The van der Waals surface area contributed by atoms with E-state index < -0.39 is 21.9 Å². The summed E-state index contributed by atoms with van der Waals surface area (Å²) < 4.78 is 38.7. The predicted octanol–water partition coefficient (Wildman–Crippen LogP) is 3.28. The van der Waals surface area contributed by atoms with Crippen molar-refractivity contribution in [3.63, 3.8) is 0 Å². The zero-order chi connectivity index (χ0) is 24.0. The standard InChI is InChI=1S/C23H21ClN2O6S/c1-31-20-10-7-18(23(28)32-14-16-3-2-4-17(11-16)22(25)27)12-21(20)33(29,30)26-13-15-5-8-19(24)9-6-15/h2-12,26H,13-14H2,1H3,(H2,25,27). The first-order valence-electron chi connectivity index (χ1n) is 9.67. The molecule has 0 radical (unpaired) electrons. The quantitative estimate of drug-likeness (QED) is 0.445. The number of methoxy groups -OCH3 is 1. The molecule has 1 amide bonds. The van der Waals surface area contributed by atoms with Crippen molar-refractivity contribution < 1.29 is 27.5 Å². The summed E-state index contributed by atoms with van der Waals surface area (Å²) >= 11 is 5.85. The summed E-state index contributed by atoms with van der Waals surface area (Å²) in [5.74, 6) is -1.26. The number of carbonyl (C=O) groups is 2. The van der Waals surface area contributed by atoms with Crippen molar-refractivity contribution in [1.82, 2.24) is 4.72 Å². The van der Waals surface area contributed by atoms with Gasteiger partial charge in [-0.2, -0.15) is 0 Å². The van der Waals surface area contributed by atoms with Crippen LogP contribution in [0.1, 0.15) is 31.8 Å². The second kappa shape index (κ2) is 10.5. The number of hydrogen-bond acceptors (Lipinski definition) is 6. The van der Waals surface area contributed by atoms with Gasteiger partial charge in [0, 0.05) is 17.1 Å². The molecule has 3 aromatic carbocycles. The number of primary amides is 1. The smallest absolute Gasteiger partial charge is 0.338 e. The Bertz CT molecular complexity index is 1280. The Morgan fingerprint density at radius 2 is 1.70 bits per heavy atom. The Hall–Kier alpha value is -3.40. The fourth-order valence-electron chi connectivity index (χ4n) is 2.92. The highest BCUT2D eigenvalue weighted by Gasteiger charge is 2.22. The van der Waals surface area contributed by atoms with Crippen LogP contribution in [0.4, 0.5) is 0 Å². The highest BCUT2D eigenvalue weighted by Crippen LogP contribution is 2.26.